The Labute approximate surface area is 72.6 Å². The van der Waals surface area contributed by atoms with E-state index in [1.54, 1.807) is 0 Å². The van der Waals surface area contributed by atoms with E-state index < -0.39 is 0 Å². The molecule has 0 unspecified atom stereocenters. The van der Waals surface area contributed by atoms with Gasteiger partial charge in [0.25, 0.3) is 0 Å². The van der Waals surface area contributed by atoms with Crippen LogP contribution >= 0.6 is 0 Å². The van der Waals surface area contributed by atoms with Gasteiger partial charge in [-0.3, -0.25) is 0 Å². The maximum Gasteiger partial charge on any atom is 0.0161 e. The molecular weight excluding hydrogens is 148 g/mol. The fraction of sp³-hybridized carbons (Fsp3) is 0.400. The van der Waals surface area contributed by atoms with Gasteiger partial charge in [-0.15, -0.1) is 0 Å². The van der Waals surface area contributed by atoms with Crippen molar-refractivity contribution in [1.29, 1.82) is 0 Å². The highest BCUT2D eigenvalue weighted by Gasteiger charge is 2.27. The molecule has 0 radical (unpaired) electrons. The van der Waals surface area contributed by atoms with Gasteiger partial charge in [-0.1, -0.05) is 24.3 Å². The summed E-state index contributed by atoms with van der Waals surface area (Å²) in [7, 11) is 0. The summed E-state index contributed by atoms with van der Waals surface area (Å²) in [4.78, 5) is 0. The van der Waals surface area contributed by atoms with Crippen LogP contribution in [-0.4, -0.2) is 12.6 Å². The molecule has 12 heavy (non-hydrogen) atoms. The molecule has 0 saturated carbocycles. The quantitative estimate of drug-likeness (QED) is 0.635. The van der Waals surface area contributed by atoms with Crippen molar-refractivity contribution >= 4 is 0 Å². The second-order valence-corrected chi connectivity index (χ2v) is 3.41. The molecule has 0 spiro atoms. The Kier molecular flexibility index (Phi) is 1.87. The van der Waals surface area contributed by atoms with Crippen molar-refractivity contribution in [3.05, 3.63) is 35.4 Å². The maximum absolute atomic E-state index is 5.96. The second-order valence-electron chi connectivity index (χ2n) is 3.41. The van der Waals surface area contributed by atoms with Crippen LogP contribution in [0.3, 0.4) is 0 Å². The smallest absolute Gasteiger partial charge is 0.0161 e. The fourth-order valence-electron chi connectivity index (χ4n) is 2.01. The molecule has 1 aliphatic carbocycles. The van der Waals surface area contributed by atoms with Crippen LogP contribution in [0.5, 0.6) is 0 Å². The van der Waals surface area contributed by atoms with Crippen LogP contribution in [0.25, 0.3) is 0 Å². The van der Waals surface area contributed by atoms with E-state index in [2.05, 4.69) is 24.3 Å². The molecule has 0 fully saturated rings. The maximum atomic E-state index is 5.96. The molecule has 0 bridgehead atoms. The largest absolute Gasteiger partial charge is 0.330 e. The Hall–Kier alpha value is -0.860. The molecule has 1 aromatic carbocycles. The molecule has 1 aromatic rings. The van der Waals surface area contributed by atoms with Gasteiger partial charge in [0.2, 0.25) is 0 Å². The molecule has 4 N–H and O–H groups in total. The fourth-order valence-corrected chi connectivity index (χ4v) is 2.01. The molecular formula is C10H14N2. The van der Waals surface area contributed by atoms with Crippen molar-refractivity contribution in [2.24, 2.45) is 11.5 Å². The molecule has 2 heteroatoms. The van der Waals surface area contributed by atoms with Gasteiger partial charge < -0.3 is 11.5 Å². The van der Waals surface area contributed by atoms with Crippen molar-refractivity contribution in [2.45, 2.75) is 18.4 Å². The summed E-state index contributed by atoms with van der Waals surface area (Å²) in [6, 6.07) is 8.63. The number of hydrogen-bond acceptors (Lipinski definition) is 2. The van der Waals surface area contributed by atoms with Gasteiger partial charge in [0, 0.05) is 18.5 Å². The van der Waals surface area contributed by atoms with Gasteiger partial charge in [-0.25, -0.2) is 0 Å². The normalized spacial score (nSPS) is 27.2. The van der Waals surface area contributed by atoms with Crippen LogP contribution in [0.1, 0.15) is 17.0 Å². The highest BCUT2D eigenvalue weighted by molar-refractivity contribution is 5.37. The number of fused-ring (bicyclic) bond motifs is 1. The van der Waals surface area contributed by atoms with Crippen molar-refractivity contribution in [3.8, 4) is 0 Å². The van der Waals surface area contributed by atoms with Crippen molar-refractivity contribution in [3.63, 3.8) is 0 Å². The molecule has 0 saturated heterocycles. The van der Waals surface area contributed by atoms with Crippen LogP contribution in [-0.2, 0) is 6.42 Å². The second kappa shape index (κ2) is 2.88. The highest BCUT2D eigenvalue weighted by Crippen LogP contribution is 2.30. The molecule has 0 heterocycles. The molecule has 0 aromatic heterocycles. The lowest BCUT2D eigenvalue weighted by Gasteiger charge is -2.13. The Morgan fingerprint density at radius 3 is 2.83 bits per heavy atom. The highest BCUT2D eigenvalue weighted by atomic mass is 14.7. The van der Waals surface area contributed by atoms with E-state index in [4.69, 9.17) is 11.5 Å². The Morgan fingerprint density at radius 1 is 1.33 bits per heavy atom. The minimum Gasteiger partial charge on any atom is -0.330 e. The first-order valence-electron chi connectivity index (χ1n) is 4.36. The lowest BCUT2D eigenvalue weighted by molar-refractivity contribution is 0.581. The number of benzene rings is 1. The lowest BCUT2D eigenvalue weighted by Crippen LogP contribution is -2.29. The van der Waals surface area contributed by atoms with E-state index in [9.17, 15) is 0 Å². The van der Waals surface area contributed by atoms with Crippen LogP contribution in [0.4, 0.5) is 0 Å². The zero-order chi connectivity index (χ0) is 8.55. The third-order valence-corrected chi connectivity index (χ3v) is 2.68. The first kappa shape index (κ1) is 7.77. The van der Waals surface area contributed by atoms with Gasteiger partial charge in [-0.05, 0) is 17.5 Å². The summed E-state index contributed by atoms with van der Waals surface area (Å²) in [6.45, 7) is 0.665. The van der Waals surface area contributed by atoms with E-state index >= 15 is 0 Å². The zero-order valence-corrected chi connectivity index (χ0v) is 7.03. The van der Waals surface area contributed by atoms with E-state index in [0.717, 1.165) is 6.42 Å². The number of nitrogens with two attached hydrogens (primary N) is 2. The first-order chi connectivity index (χ1) is 5.83. The third kappa shape index (κ3) is 1.04. The molecule has 1 aliphatic rings. The Bertz CT molecular complexity index is 283. The minimum absolute atomic E-state index is 0.229. The molecule has 2 atom stereocenters. The summed E-state index contributed by atoms with van der Waals surface area (Å²) >= 11 is 0. The predicted octanol–water partition coefficient (Wildman–Crippen LogP) is 0.612. The van der Waals surface area contributed by atoms with Crippen LogP contribution in [0.2, 0.25) is 0 Å². The molecule has 0 aliphatic heterocycles. The Morgan fingerprint density at radius 2 is 2.08 bits per heavy atom. The van der Waals surface area contributed by atoms with E-state index in [1.807, 2.05) is 0 Å². The SMILES string of the molecule is NC[C@@H]1c2ccccc2C[C@@H]1N. The summed E-state index contributed by atoms with van der Waals surface area (Å²) in [5.74, 6) is 0.376. The molecule has 2 rings (SSSR count). The van der Waals surface area contributed by atoms with Crippen molar-refractivity contribution in [2.75, 3.05) is 6.54 Å². The van der Waals surface area contributed by atoms with E-state index in [1.165, 1.54) is 11.1 Å². The first-order valence-corrected chi connectivity index (χ1v) is 4.36. The average Bonchev–Trinajstić information content (AvgIpc) is 2.40. The topological polar surface area (TPSA) is 52.0 Å². The van der Waals surface area contributed by atoms with Crippen molar-refractivity contribution in [1.82, 2.24) is 0 Å². The summed E-state index contributed by atoms with van der Waals surface area (Å²) in [5.41, 5.74) is 14.3. The monoisotopic (exact) mass is 162 g/mol. The zero-order valence-electron chi connectivity index (χ0n) is 7.03. The van der Waals surface area contributed by atoms with E-state index in [-0.39, 0.29) is 6.04 Å². The Balaban J connectivity index is 2.40. The van der Waals surface area contributed by atoms with Crippen LogP contribution < -0.4 is 11.5 Å². The number of rotatable bonds is 1. The molecule has 64 valence electrons. The average molecular weight is 162 g/mol. The lowest BCUT2D eigenvalue weighted by atomic mass is 9.99. The van der Waals surface area contributed by atoms with Gasteiger partial charge >= 0.3 is 0 Å². The summed E-state index contributed by atoms with van der Waals surface area (Å²) in [6.07, 6.45) is 0.984. The standard InChI is InChI=1S/C10H14N2/c11-6-9-8-4-2-1-3-7(8)5-10(9)12/h1-4,9-10H,5-6,11-12H2/t9-,10+/m1/s1. The van der Waals surface area contributed by atoms with Crippen LogP contribution in [0, 0.1) is 0 Å². The number of hydrogen-bond donors (Lipinski definition) is 2. The van der Waals surface area contributed by atoms with Gasteiger partial charge in [0.05, 0.1) is 0 Å². The molecule has 2 nitrogen and oxygen atoms in total. The van der Waals surface area contributed by atoms with Crippen LogP contribution in [0.15, 0.2) is 24.3 Å². The van der Waals surface area contributed by atoms with Gasteiger partial charge in [-0.2, -0.15) is 0 Å². The minimum atomic E-state index is 0.229. The van der Waals surface area contributed by atoms with Gasteiger partial charge in [0.15, 0.2) is 0 Å². The van der Waals surface area contributed by atoms with Gasteiger partial charge in [0.1, 0.15) is 0 Å². The third-order valence-electron chi connectivity index (χ3n) is 2.68. The molecule has 0 amide bonds. The van der Waals surface area contributed by atoms with Crippen molar-refractivity contribution < 1.29 is 0 Å². The summed E-state index contributed by atoms with van der Waals surface area (Å²) in [5, 5.41) is 0. The van der Waals surface area contributed by atoms with E-state index in [0.29, 0.717) is 12.5 Å². The predicted molar refractivity (Wildman–Crippen MR) is 49.9 cm³/mol. The summed E-state index contributed by atoms with van der Waals surface area (Å²) < 4.78 is 0.